The van der Waals surface area contributed by atoms with E-state index in [4.69, 9.17) is 23.2 Å². The van der Waals surface area contributed by atoms with Gasteiger partial charge in [-0.25, -0.2) is 0 Å². The number of carbonyl (C=O) groups is 3. The summed E-state index contributed by atoms with van der Waals surface area (Å²) in [5, 5.41) is 3.58. The summed E-state index contributed by atoms with van der Waals surface area (Å²) in [5.74, 6) is -0.461. The second kappa shape index (κ2) is 7.45. The number of amides is 3. The minimum Gasteiger partial charge on any atom is -0.342 e. The van der Waals surface area contributed by atoms with Gasteiger partial charge >= 0.3 is 0 Å². The van der Waals surface area contributed by atoms with E-state index < -0.39 is 12.1 Å². The lowest BCUT2D eigenvalue weighted by molar-refractivity contribution is -0.153. The number of hydrogen-bond acceptors (Lipinski definition) is 3. The molecule has 140 valence electrons. The normalized spacial score (nSPS) is 24.2. The van der Waals surface area contributed by atoms with E-state index in [2.05, 4.69) is 5.32 Å². The monoisotopic (exact) mass is 397 g/mol. The van der Waals surface area contributed by atoms with E-state index in [1.807, 2.05) is 13.8 Å². The lowest BCUT2D eigenvalue weighted by Crippen LogP contribution is -2.70. The molecule has 1 N–H and O–H groups in total. The van der Waals surface area contributed by atoms with Crippen LogP contribution in [-0.4, -0.2) is 59.2 Å². The van der Waals surface area contributed by atoms with Crippen molar-refractivity contribution >= 4 is 40.9 Å². The Balaban J connectivity index is 1.76. The zero-order valence-corrected chi connectivity index (χ0v) is 16.2. The summed E-state index contributed by atoms with van der Waals surface area (Å²) >= 11 is 11.9. The van der Waals surface area contributed by atoms with Crippen LogP contribution >= 0.6 is 23.2 Å². The predicted octanol–water partition coefficient (Wildman–Crippen LogP) is 2.19. The second-order valence-corrected chi connectivity index (χ2v) is 7.70. The zero-order valence-electron chi connectivity index (χ0n) is 14.7. The van der Waals surface area contributed by atoms with Crippen molar-refractivity contribution < 1.29 is 14.4 Å². The Morgan fingerprint density at radius 3 is 2.50 bits per heavy atom. The Hall–Kier alpha value is -1.79. The molecule has 0 spiro atoms. The maximum absolute atomic E-state index is 12.8. The van der Waals surface area contributed by atoms with Crippen LogP contribution in [0.4, 0.5) is 0 Å². The average Bonchev–Trinajstić information content (AvgIpc) is 2.62. The van der Waals surface area contributed by atoms with Gasteiger partial charge in [0, 0.05) is 28.7 Å². The van der Waals surface area contributed by atoms with Crippen LogP contribution in [0.5, 0.6) is 0 Å². The smallest absolute Gasteiger partial charge is 0.254 e. The Labute approximate surface area is 162 Å². The molecule has 0 aliphatic carbocycles. The Morgan fingerprint density at radius 1 is 1.23 bits per heavy atom. The van der Waals surface area contributed by atoms with E-state index in [0.717, 1.165) is 6.42 Å². The van der Waals surface area contributed by atoms with Gasteiger partial charge in [0.2, 0.25) is 11.8 Å². The zero-order chi connectivity index (χ0) is 19.0. The molecule has 3 amide bonds. The van der Waals surface area contributed by atoms with Gasteiger partial charge in [-0.3, -0.25) is 14.4 Å². The first kappa shape index (κ1) is 19.0. The third-order valence-corrected chi connectivity index (χ3v) is 5.58. The molecule has 2 aliphatic rings. The second-order valence-electron chi connectivity index (χ2n) is 6.83. The molecule has 0 bridgehead atoms. The molecule has 0 aromatic heterocycles. The van der Waals surface area contributed by atoms with Crippen molar-refractivity contribution in [2.45, 2.75) is 32.4 Å². The first-order valence-electron chi connectivity index (χ1n) is 8.68. The van der Waals surface area contributed by atoms with Gasteiger partial charge in [-0.15, -0.1) is 0 Å². The lowest BCUT2D eigenvalue weighted by Gasteiger charge is -2.46. The van der Waals surface area contributed by atoms with Crippen molar-refractivity contribution in [1.29, 1.82) is 0 Å². The van der Waals surface area contributed by atoms with Gasteiger partial charge in [-0.1, -0.05) is 43.5 Å². The van der Waals surface area contributed by atoms with Crippen LogP contribution in [0, 0.1) is 5.92 Å². The summed E-state index contributed by atoms with van der Waals surface area (Å²) in [5.41, 5.74) is 0.371. The van der Waals surface area contributed by atoms with E-state index >= 15 is 0 Å². The molecular weight excluding hydrogens is 377 g/mol. The minimum atomic E-state index is -0.657. The molecule has 2 heterocycles. The average molecular weight is 398 g/mol. The van der Waals surface area contributed by atoms with E-state index in [9.17, 15) is 14.4 Å². The van der Waals surface area contributed by atoms with Crippen molar-refractivity contribution in [3.05, 3.63) is 33.8 Å². The van der Waals surface area contributed by atoms with Gasteiger partial charge in [-0.05, 0) is 24.1 Å². The summed E-state index contributed by atoms with van der Waals surface area (Å²) in [6.07, 6.45) is 0.801. The van der Waals surface area contributed by atoms with E-state index in [1.165, 1.54) is 0 Å². The molecule has 0 radical (unpaired) electrons. The molecule has 3 atom stereocenters. The van der Waals surface area contributed by atoms with Gasteiger partial charge in [-0.2, -0.15) is 0 Å². The van der Waals surface area contributed by atoms with Gasteiger partial charge in [0.1, 0.15) is 12.1 Å². The van der Waals surface area contributed by atoms with E-state index in [-0.39, 0.29) is 30.2 Å². The largest absolute Gasteiger partial charge is 0.342 e. The number of benzene rings is 1. The Bertz CT molecular complexity index is 735. The Kier molecular flexibility index (Phi) is 5.44. The maximum atomic E-state index is 12.8. The molecule has 6 nitrogen and oxygen atoms in total. The minimum absolute atomic E-state index is 0.0677. The topological polar surface area (TPSA) is 69.7 Å². The third kappa shape index (κ3) is 3.53. The number of hydrogen-bond donors (Lipinski definition) is 1. The number of rotatable bonds is 3. The summed E-state index contributed by atoms with van der Waals surface area (Å²) in [4.78, 5) is 41.2. The van der Waals surface area contributed by atoms with E-state index in [0.29, 0.717) is 28.7 Å². The van der Waals surface area contributed by atoms with E-state index in [1.54, 1.807) is 28.0 Å². The van der Waals surface area contributed by atoms with Crippen LogP contribution in [0.1, 0.15) is 30.6 Å². The van der Waals surface area contributed by atoms with Crippen LogP contribution in [0.15, 0.2) is 18.2 Å². The quantitative estimate of drug-likeness (QED) is 0.849. The third-order valence-electron chi connectivity index (χ3n) is 5.14. The summed E-state index contributed by atoms with van der Waals surface area (Å²) in [6, 6.07) is 3.51. The van der Waals surface area contributed by atoms with Crippen molar-refractivity contribution in [2.24, 2.45) is 5.92 Å². The highest BCUT2D eigenvalue weighted by Crippen LogP contribution is 2.24. The molecule has 2 saturated heterocycles. The highest BCUT2D eigenvalue weighted by Gasteiger charge is 2.45. The Morgan fingerprint density at radius 2 is 1.88 bits per heavy atom. The van der Waals surface area contributed by atoms with Gasteiger partial charge < -0.3 is 15.1 Å². The fraction of sp³-hybridized carbons (Fsp3) is 0.500. The van der Waals surface area contributed by atoms with Crippen LogP contribution in [-0.2, 0) is 9.59 Å². The number of fused-ring (bicyclic) bond motifs is 1. The van der Waals surface area contributed by atoms with Crippen molar-refractivity contribution in [3.63, 3.8) is 0 Å². The summed E-state index contributed by atoms with van der Waals surface area (Å²) in [7, 11) is 0. The summed E-state index contributed by atoms with van der Waals surface area (Å²) in [6.45, 7) is 4.80. The van der Waals surface area contributed by atoms with Crippen LogP contribution < -0.4 is 5.32 Å². The van der Waals surface area contributed by atoms with Crippen LogP contribution in [0.3, 0.4) is 0 Å². The number of nitrogens with zero attached hydrogens (tertiary/aromatic N) is 2. The highest BCUT2D eigenvalue weighted by molar-refractivity contribution is 6.35. The van der Waals surface area contributed by atoms with Gasteiger partial charge in [0.15, 0.2) is 0 Å². The molecule has 2 aliphatic heterocycles. The first-order chi connectivity index (χ1) is 12.3. The van der Waals surface area contributed by atoms with Gasteiger partial charge in [0.05, 0.1) is 6.54 Å². The SMILES string of the molecule is CC[C@H](C)[C@@H]1NC(=O)[C@H]2CN(C(=O)c3cc(Cl)cc(Cl)c3)CCN2C1=O. The van der Waals surface area contributed by atoms with Crippen molar-refractivity contribution in [3.8, 4) is 0 Å². The molecule has 2 fully saturated rings. The standard InChI is InChI=1S/C18H21Cl2N3O3/c1-3-10(2)15-18(26)23-5-4-22(9-14(23)16(24)21-15)17(25)11-6-12(19)8-13(20)7-11/h6-8,10,14-15H,3-5,9H2,1-2H3,(H,21,24)/t10-,14+,15-/m0/s1. The molecule has 3 rings (SSSR count). The number of halogens is 2. The molecule has 1 aromatic carbocycles. The predicted molar refractivity (Wildman–Crippen MR) is 99.3 cm³/mol. The van der Waals surface area contributed by atoms with Crippen LogP contribution in [0.2, 0.25) is 10.0 Å². The number of nitrogens with one attached hydrogen (secondary N) is 1. The first-order valence-corrected chi connectivity index (χ1v) is 9.43. The lowest BCUT2D eigenvalue weighted by atomic mass is 9.93. The van der Waals surface area contributed by atoms with Crippen molar-refractivity contribution in [1.82, 2.24) is 15.1 Å². The highest BCUT2D eigenvalue weighted by atomic mass is 35.5. The fourth-order valence-corrected chi connectivity index (χ4v) is 3.95. The number of piperazine rings is 2. The maximum Gasteiger partial charge on any atom is 0.254 e. The fourth-order valence-electron chi connectivity index (χ4n) is 3.43. The van der Waals surface area contributed by atoms with Crippen molar-refractivity contribution in [2.75, 3.05) is 19.6 Å². The molecule has 8 heteroatoms. The molecule has 1 aromatic rings. The molecule has 26 heavy (non-hydrogen) atoms. The number of carbonyl (C=O) groups excluding carboxylic acids is 3. The molecule has 0 unspecified atom stereocenters. The van der Waals surface area contributed by atoms with Crippen LogP contribution in [0.25, 0.3) is 0 Å². The molecule has 0 saturated carbocycles. The molecular formula is C18H21Cl2N3O3. The van der Waals surface area contributed by atoms with Gasteiger partial charge in [0.25, 0.3) is 5.91 Å². The summed E-state index contributed by atoms with van der Waals surface area (Å²) < 4.78 is 0.